The molecule has 4 nitrogen and oxygen atoms in total. The Labute approximate surface area is 136 Å². The molecule has 1 aliphatic rings. The average Bonchev–Trinajstić information content (AvgIpc) is 2.34. The molecule has 0 aromatic heterocycles. The smallest absolute Gasteiger partial charge is 0.236 e. The second-order valence-electron chi connectivity index (χ2n) is 5.78. The fourth-order valence-corrected chi connectivity index (χ4v) is 2.44. The summed E-state index contributed by atoms with van der Waals surface area (Å²) in [7, 11) is 0. The Morgan fingerprint density at radius 3 is 2.35 bits per heavy atom. The van der Waals surface area contributed by atoms with Crippen molar-refractivity contribution in [3.63, 3.8) is 0 Å². The third kappa shape index (κ3) is 9.81. The zero-order chi connectivity index (χ0) is 13.4. The highest BCUT2D eigenvalue weighted by molar-refractivity contribution is 5.85. The van der Waals surface area contributed by atoms with Gasteiger partial charge in [0.1, 0.15) is 0 Å². The summed E-state index contributed by atoms with van der Waals surface area (Å²) in [4.78, 5) is 14.2. The standard InChI is InChI=1S/C14H29N3O.2ClH/c1-12(2)11-13(15)14(18)16-7-6-10-17-8-4-3-5-9-17;;/h12-13H,3-11,15H2,1-2H3,(H,16,18);2*1H/t13-;;/m0../s1. The first-order valence-electron chi connectivity index (χ1n) is 7.35. The number of nitrogens with two attached hydrogens (primary N) is 1. The van der Waals surface area contributed by atoms with Gasteiger partial charge in [-0.3, -0.25) is 4.79 Å². The third-order valence-corrected chi connectivity index (χ3v) is 3.46. The zero-order valence-electron chi connectivity index (χ0n) is 12.8. The molecule has 0 aliphatic carbocycles. The fraction of sp³-hybridized carbons (Fsp3) is 0.929. The van der Waals surface area contributed by atoms with Crippen molar-refractivity contribution in [3.8, 4) is 0 Å². The van der Waals surface area contributed by atoms with Crippen molar-refractivity contribution in [1.29, 1.82) is 0 Å². The van der Waals surface area contributed by atoms with E-state index in [-0.39, 0.29) is 36.8 Å². The second kappa shape index (κ2) is 12.7. The number of rotatable bonds is 7. The molecule has 1 fully saturated rings. The van der Waals surface area contributed by atoms with Gasteiger partial charge in [-0.15, -0.1) is 24.8 Å². The van der Waals surface area contributed by atoms with Gasteiger partial charge in [0, 0.05) is 6.54 Å². The molecular weight excluding hydrogens is 297 g/mol. The molecule has 1 aliphatic heterocycles. The van der Waals surface area contributed by atoms with Crippen LogP contribution >= 0.6 is 24.8 Å². The molecule has 0 radical (unpaired) electrons. The summed E-state index contributed by atoms with van der Waals surface area (Å²) in [5.41, 5.74) is 5.82. The molecule has 0 aromatic rings. The summed E-state index contributed by atoms with van der Waals surface area (Å²) in [6, 6.07) is -0.347. The molecule has 20 heavy (non-hydrogen) atoms. The van der Waals surface area contributed by atoms with E-state index in [4.69, 9.17) is 5.73 Å². The van der Waals surface area contributed by atoms with Crippen LogP contribution in [0.25, 0.3) is 0 Å². The van der Waals surface area contributed by atoms with Crippen LogP contribution in [0.3, 0.4) is 0 Å². The molecule has 3 N–H and O–H groups in total. The SMILES string of the molecule is CC(C)C[C@H](N)C(=O)NCCCN1CCCCC1.Cl.Cl. The van der Waals surface area contributed by atoms with Gasteiger partial charge in [-0.25, -0.2) is 0 Å². The van der Waals surface area contributed by atoms with E-state index in [0.29, 0.717) is 5.92 Å². The molecule has 1 amide bonds. The van der Waals surface area contributed by atoms with Crippen LogP contribution in [0.5, 0.6) is 0 Å². The van der Waals surface area contributed by atoms with Crippen molar-refractivity contribution in [1.82, 2.24) is 10.2 Å². The maximum atomic E-state index is 11.7. The van der Waals surface area contributed by atoms with Gasteiger partial charge in [-0.2, -0.15) is 0 Å². The van der Waals surface area contributed by atoms with E-state index in [0.717, 1.165) is 25.9 Å². The lowest BCUT2D eigenvalue weighted by Gasteiger charge is -2.26. The van der Waals surface area contributed by atoms with E-state index in [1.165, 1.54) is 32.4 Å². The lowest BCUT2D eigenvalue weighted by atomic mass is 10.0. The van der Waals surface area contributed by atoms with E-state index in [9.17, 15) is 4.79 Å². The van der Waals surface area contributed by atoms with Crippen molar-refractivity contribution in [2.75, 3.05) is 26.2 Å². The Morgan fingerprint density at radius 2 is 1.80 bits per heavy atom. The Bertz CT molecular complexity index is 247. The van der Waals surface area contributed by atoms with Crippen LogP contribution in [0.1, 0.15) is 46.0 Å². The normalized spacial score (nSPS) is 17.0. The first-order valence-corrected chi connectivity index (χ1v) is 7.35. The number of hydrogen-bond acceptors (Lipinski definition) is 3. The Kier molecular flexibility index (Phi) is 14.1. The summed E-state index contributed by atoms with van der Waals surface area (Å²) in [6.07, 6.45) is 5.81. The third-order valence-electron chi connectivity index (χ3n) is 3.46. The summed E-state index contributed by atoms with van der Waals surface area (Å²) >= 11 is 0. The molecule has 1 heterocycles. The number of carbonyl (C=O) groups is 1. The van der Waals surface area contributed by atoms with E-state index in [1.807, 2.05) is 0 Å². The van der Waals surface area contributed by atoms with Crippen LogP contribution in [0.4, 0.5) is 0 Å². The molecule has 1 atom stereocenters. The molecule has 0 unspecified atom stereocenters. The predicted molar refractivity (Wildman–Crippen MR) is 89.8 cm³/mol. The van der Waals surface area contributed by atoms with Crippen molar-refractivity contribution in [2.45, 2.75) is 52.0 Å². The molecule has 0 saturated carbocycles. The van der Waals surface area contributed by atoms with E-state index in [1.54, 1.807) is 0 Å². The van der Waals surface area contributed by atoms with Crippen LogP contribution in [0, 0.1) is 5.92 Å². The highest BCUT2D eigenvalue weighted by Crippen LogP contribution is 2.08. The van der Waals surface area contributed by atoms with Gasteiger partial charge in [-0.1, -0.05) is 20.3 Å². The largest absolute Gasteiger partial charge is 0.355 e. The number of piperidine rings is 1. The summed E-state index contributed by atoms with van der Waals surface area (Å²) in [6.45, 7) is 8.47. The molecule has 0 spiro atoms. The van der Waals surface area contributed by atoms with Gasteiger partial charge in [0.25, 0.3) is 0 Å². The Morgan fingerprint density at radius 1 is 1.20 bits per heavy atom. The number of halogens is 2. The molecule has 6 heteroatoms. The minimum Gasteiger partial charge on any atom is -0.355 e. The Hall–Kier alpha value is -0.0300. The topological polar surface area (TPSA) is 58.4 Å². The summed E-state index contributed by atoms with van der Waals surface area (Å²) in [5, 5.41) is 2.94. The minimum atomic E-state index is -0.347. The lowest BCUT2D eigenvalue weighted by molar-refractivity contribution is -0.122. The maximum Gasteiger partial charge on any atom is 0.236 e. The van der Waals surface area contributed by atoms with Crippen molar-refractivity contribution < 1.29 is 4.79 Å². The maximum absolute atomic E-state index is 11.7. The van der Waals surface area contributed by atoms with Crippen LogP contribution in [0.15, 0.2) is 0 Å². The van der Waals surface area contributed by atoms with Gasteiger partial charge in [0.2, 0.25) is 5.91 Å². The number of hydrogen-bond donors (Lipinski definition) is 2. The van der Waals surface area contributed by atoms with Gasteiger partial charge in [0.05, 0.1) is 6.04 Å². The highest BCUT2D eigenvalue weighted by atomic mass is 35.5. The molecule has 122 valence electrons. The van der Waals surface area contributed by atoms with E-state index >= 15 is 0 Å². The van der Waals surface area contributed by atoms with Gasteiger partial charge in [0.15, 0.2) is 0 Å². The molecule has 1 saturated heterocycles. The van der Waals surface area contributed by atoms with E-state index in [2.05, 4.69) is 24.1 Å². The van der Waals surface area contributed by atoms with Crippen molar-refractivity contribution in [3.05, 3.63) is 0 Å². The fourth-order valence-electron chi connectivity index (χ4n) is 2.44. The average molecular weight is 328 g/mol. The number of nitrogens with zero attached hydrogens (tertiary/aromatic N) is 1. The number of amides is 1. The van der Waals surface area contributed by atoms with Crippen molar-refractivity contribution >= 4 is 30.7 Å². The first-order chi connectivity index (χ1) is 8.59. The zero-order valence-corrected chi connectivity index (χ0v) is 14.4. The van der Waals surface area contributed by atoms with Crippen LogP contribution in [-0.4, -0.2) is 43.0 Å². The molecule has 0 bridgehead atoms. The summed E-state index contributed by atoms with van der Waals surface area (Å²) in [5.74, 6) is 0.474. The first kappa shape index (κ1) is 22.3. The minimum absolute atomic E-state index is 0. The van der Waals surface area contributed by atoms with Crippen molar-refractivity contribution in [2.24, 2.45) is 11.7 Å². The quantitative estimate of drug-likeness (QED) is 0.705. The molecule has 0 aromatic carbocycles. The van der Waals surface area contributed by atoms with E-state index < -0.39 is 0 Å². The predicted octanol–water partition coefficient (Wildman–Crippen LogP) is 2.20. The Balaban J connectivity index is 0. The van der Waals surface area contributed by atoms with Gasteiger partial charge >= 0.3 is 0 Å². The molecular formula is C14H31Cl2N3O. The van der Waals surface area contributed by atoms with Gasteiger partial charge < -0.3 is 16.0 Å². The monoisotopic (exact) mass is 327 g/mol. The second-order valence-corrected chi connectivity index (χ2v) is 5.78. The van der Waals surface area contributed by atoms with Crippen LogP contribution in [-0.2, 0) is 4.79 Å². The molecule has 1 rings (SSSR count). The number of carbonyl (C=O) groups excluding carboxylic acids is 1. The van der Waals surface area contributed by atoms with Gasteiger partial charge in [-0.05, 0) is 51.2 Å². The highest BCUT2D eigenvalue weighted by Gasteiger charge is 2.14. The number of likely N-dealkylation sites (tertiary alicyclic amines) is 1. The van der Waals surface area contributed by atoms with Crippen LogP contribution in [0.2, 0.25) is 0 Å². The van der Waals surface area contributed by atoms with Crippen LogP contribution < -0.4 is 11.1 Å². The summed E-state index contributed by atoms with van der Waals surface area (Å²) < 4.78 is 0. The lowest BCUT2D eigenvalue weighted by Crippen LogP contribution is -2.42. The number of nitrogens with one attached hydrogen (secondary N) is 1.